The van der Waals surface area contributed by atoms with Gasteiger partial charge in [0.15, 0.2) is 0 Å². The zero-order valence-electron chi connectivity index (χ0n) is 15.9. The fourth-order valence-corrected chi connectivity index (χ4v) is 3.49. The van der Waals surface area contributed by atoms with E-state index >= 15 is 0 Å². The van der Waals surface area contributed by atoms with Crippen molar-refractivity contribution >= 4 is 17.7 Å². The van der Waals surface area contributed by atoms with E-state index in [0.29, 0.717) is 29.8 Å². The summed E-state index contributed by atoms with van der Waals surface area (Å²) >= 11 is 0. The molecule has 1 aromatic carbocycles. The highest BCUT2D eigenvalue weighted by molar-refractivity contribution is 6.22. The highest BCUT2D eigenvalue weighted by Gasteiger charge is 2.35. The van der Waals surface area contributed by atoms with Crippen molar-refractivity contribution in [1.29, 1.82) is 0 Å². The number of piperazine rings is 1. The van der Waals surface area contributed by atoms with Crippen molar-refractivity contribution in [3.8, 4) is 0 Å². The number of carbonyl (C=O) groups is 3. The van der Waals surface area contributed by atoms with Crippen molar-refractivity contribution in [1.82, 2.24) is 20.4 Å². The summed E-state index contributed by atoms with van der Waals surface area (Å²) in [5, 5.41) is 6.23. The van der Waals surface area contributed by atoms with E-state index in [9.17, 15) is 14.4 Å². The lowest BCUT2D eigenvalue weighted by Gasteiger charge is -2.27. The van der Waals surface area contributed by atoms with Crippen molar-refractivity contribution in [2.24, 2.45) is 0 Å². The van der Waals surface area contributed by atoms with E-state index in [1.54, 1.807) is 18.2 Å². The Morgan fingerprint density at radius 2 is 1.81 bits per heavy atom. The number of fused-ring (bicyclic) bond motifs is 1. The average molecular weight is 372 g/mol. The maximum Gasteiger partial charge on any atom is 0.261 e. The Balaban J connectivity index is 1.54. The maximum atomic E-state index is 12.5. The number of carbonyl (C=O) groups excluding carboxylic acids is 3. The number of benzene rings is 1. The molecule has 0 radical (unpaired) electrons. The molecule has 0 bridgehead atoms. The summed E-state index contributed by atoms with van der Waals surface area (Å²) in [5.74, 6) is -0.756. The van der Waals surface area contributed by atoms with Gasteiger partial charge >= 0.3 is 0 Å². The molecular formula is C20H28N4O3. The molecule has 3 rings (SSSR count). The van der Waals surface area contributed by atoms with E-state index in [1.165, 1.54) is 4.90 Å². The summed E-state index contributed by atoms with van der Waals surface area (Å²) in [6, 6.07) is 4.77. The molecule has 2 heterocycles. The van der Waals surface area contributed by atoms with Gasteiger partial charge in [-0.25, -0.2) is 0 Å². The van der Waals surface area contributed by atoms with Crippen LogP contribution in [0.4, 0.5) is 0 Å². The molecule has 0 saturated carbocycles. The third-order valence-electron chi connectivity index (χ3n) is 5.11. The molecule has 3 amide bonds. The van der Waals surface area contributed by atoms with Crippen LogP contribution >= 0.6 is 0 Å². The van der Waals surface area contributed by atoms with Crippen LogP contribution in [-0.4, -0.2) is 73.3 Å². The standard InChI is InChI=1S/C20H28N4O3/c1-2-3-11-24-19(26)16-6-5-15(14-17(16)20(24)27)18(25)22-7-4-10-23-12-8-21-9-13-23/h5-6,14,21H,2-4,7-13H2,1H3,(H,22,25). The minimum Gasteiger partial charge on any atom is -0.352 e. The normalized spacial score (nSPS) is 17.3. The van der Waals surface area contributed by atoms with Crippen LogP contribution in [0.25, 0.3) is 0 Å². The topological polar surface area (TPSA) is 81.8 Å². The van der Waals surface area contributed by atoms with E-state index in [0.717, 1.165) is 52.0 Å². The molecule has 1 fully saturated rings. The third kappa shape index (κ3) is 4.54. The summed E-state index contributed by atoms with van der Waals surface area (Å²) in [7, 11) is 0. The van der Waals surface area contributed by atoms with Crippen molar-refractivity contribution in [2.45, 2.75) is 26.2 Å². The number of rotatable bonds is 8. The number of nitrogens with zero attached hydrogens (tertiary/aromatic N) is 2. The molecule has 1 saturated heterocycles. The fraction of sp³-hybridized carbons (Fsp3) is 0.550. The molecular weight excluding hydrogens is 344 g/mol. The van der Waals surface area contributed by atoms with E-state index in [2.05, 4.69) is 15.5 Å². The minimum absolute atomic E-state index is 0.203. The first-order chi connectivity index (χ1) is 13.1. The van der Waals surface area contributed by atoms with Gasteiger partial charge in [-0.05, 0) is 37.6 Å². The maximum absolute atomic E-state index is 12.5. The smallest absolute Gasteiger partial charge is 0.261 e. The lowest BCUT2D eigenvalue weighted by atomic mass is 10.1. The van der Waals surface area contributed by atoms with E-state index in [1.807, 2.05) is 6.92 Å². The Labute approximate surface area is 160 Å². The van der Waals surface area contributed by atoms with Crippen molar-refractivity contribution in [2.75, 3.05) is 45.8 Å². The van der Waals surface area contributed by atoms with Crippen LogP contribution in [0.5, 0.6) is 0 Å². The average Bonchev–Trinajstić information content (AvgIpc) is 2.94. The summed E-state index contributed by atoms with van der Waals surface area (Å²) in [5.41, 5.74) is 1.16. The molecule has 0 aliphatic carbocycles. The van der Waals surface area contributed by atoms with Gasteiger partial charge in [-0.3, -0.25) is 19.3 Å². The number of hydrogen-bond donors (Lipinski definition) is 2. The van der Waals surface area contributed by atoms with E-state index in [-0.39, 0.29) is 17.7 Å². The molecule has 7 heteroatoms. The van der Waals surface area contributed by atoms with Gasteiger partial charge in [-0.2, -0.15) is 0 Å². The van der Waals surface area contributed by atoms with E-state index in [4.69, 9.17) is 0 Å². The summed E-state index contributed by atoms with van der Waals surface area (Å²) < 4.78 is 0. The number of hydrogen-bond acceptors (Lipinski definition) is 5. The summed E-state index contributed by atoms with van der Waals surface area (Å²) in [6.07, 6.45) is 2.58. The SMILES string of the molecule is CCCCN1C(=O)c2ccc(C(=O)NCCCN3CCNCC3)cc2C1=O. The van der Waals surface area contributed by atoms with Gasteiger partial charge in [0.1, 0.15) is 0 Å². The lowest BCUT2D eigenvalue weighted by Crippen LogP contribution is -2.44. The molecule has 0 spiro atoms. The first-order valence-electron chi connectivity index (χ1n) is 9.83. The number of nitrogens with one attached hydrogen (secondary N) is 2. The molecule has 0 atom stereocenters. The molecule has 0 unspecified atom stereocenters. The Morgan fingerprint density at radius 1 is 1.07 bits per heavy atom. The Hall–Kier alpha value is -2.25. The van der Waals surface area contributed by atoms with E-state index < -0.39 is 0 Å². The molecule has 0 aromatic heterocycles. The highest BCUT2D eigenvalue weighted by atomic mass is 16.2. The number of amides is 3. The van der Waals surface area contributed by atoms with Crippen LogP contribution < -0.4 is 10.6 Å². The van der Waals surface area contributed by atoms with Crippen LogP contribution in [0.3, 0.4) is 0 Å². The number of imide groups is 1. The summed E-state index contributed by atoms with van der Waals surface area (Å²) in [6.45, 7) is 8.12. The zero-order chi connectivity index (χ0) is 19.2. The van der Waals surface area contributed by atoms with Crippen molar-refractivity contribution in [3.63, 3.8) is 0 Å². The van der Waals surface area contributed by atoms with Gasteiger partial charge in [0.05, 0.1) is 11.1 Å². The second kappa shape index (κ2) is 9.10. The predicted molar refractivity (Wildman–Crippen MR) is 103 cm³/mol. The van der Waals surface area contributed by atoms with Crippen LogP contribution in [0.2, 0.25) is 0 Å². The quantitative estimate of drug-likeness (QED) is 0.528. The van der Waals surface area contributed by atoms with Gasteiger partial charge in [-0.15, -0.1) is 0 Å². The molecule has 146 valence electrons. The Morgan fingerprint density at radius 3 is 2.56 bits per heavy atom. The van der Waals surface area contributed by atoms with Crippen LogP contribution in [-0.2, 0) is 0 Å². The number of unbranched alkanes of at least 4 members (excludes halogenated alkanes) is 1. The second-order valence-electron chi connectivity index (χ2n) is 7.08. The van der Waals surface area contributed by atoms with Crippen LogP contribution in [0.1, 0.15) is 57.3 Å². The monoisotopic (exact) mass is 372 g/mol. The first kappa shape index (κ1) is 19.5. The molecule has 1 aromatic rings. The zero-order valence-corrected chi connectivity index (χ0v) is 15.9. The highest BCUT2D eigenvalue weighted by Crippen LogP contribution is 2.24. The Kier molecular flexibility index (Phi) is 6.58. The molecule has 27 heavy (non-hydrogen) atoms. The summed E-state index contributed by atoms with van der Waals surface area (Å²) in [4.78, 5) is 40.9. The van der Waals surface area contributed by atoms with Gasteiger partial charge in [-0.1, -0.05) is 13.3 Å². The third-order valence-corrected chi connectivity index (χ3v) is 5.11. The predicted octanol–water partition coefficient (Wildman–Crippen LogP) is 1.11. The van der Waals surface area contributed by atoms with Crippen LogP contribution in [0.15, 0.2) is 18.2 Å². The molecule has 2 N–H and O–H groups in total. The molecule has 7 nitrogen and oxygen atoms in total. The molecule has 2 aliphatic heterocycles. The van der Waals surface area contributed by atoms with Crippen molar-refractivity contribution in [3.05, 3.63) is 34.9 Å². The minimum atomic E-state index is -0.295. The largest absolute Gasteiger partial charge is 0.352 e. The van der Waals surface area contributed by atoms with Crippen molar-refractivity contribution < 1.29 is 14.4 Å². The fourth-order valence-electron chi connectivity index (χ4n) is 3.49. The van der Waals surface area contributed by atoms with Gasteiger partial charge in [0.2, 0.25) is 0 Å². The van der Waals surface area contributed by atoms with Gasteiger partial charge in [0.25, 0.3) is 17.7 Å². The second-order valence-corrected chi connectivity index (χ2v) is 7.08. The Bertz CT molecular complexity index is 713. The van der Waals surface area contributed by atoms with Crippen LogP contribution in [0, 0.1) is 0 Å². The van der Waals surface area contributed by atoms with Gasteiger partial charge < -0.3 is 15.5 Å². The van der Waals surface area contributed by atoms with Gasteiger partial charge in [0, 0.05) is 44.8 Å². The lowest BCUT2D eigenvalue weighted by molar-refractivity contribution is 0.0652. The first-order valence-corrected chi connectivity index (χ1v) is 9.83. The molecule has 2 aliphatic rings.